The van der Waals surface area contributed by atoms with Gasteiger partial charge in [-0.15, -0.1) is 11.3 Å². The molecule has 0 aliphatic carbocycles. The van der Waals surface area contributed by atoms with Crippen LogP contribution < -0.4 is 10.1 Å². The minimum absolute atomic E-state index is 0.428. The van der Waals surface area contributed by atoms with Crippen LogP contribution in [0.2, 0.25) is 0 Å². The lowest BCUT2D eigenvalue weighted by Gasteiger charge is -2.13. The summed E-state index contributed by atoms with van der Waals surface area (Å²) in [4.78, 5) is 5.62. The van der Waals surface area contributed by atoms with Crippen molar-refractivity contribution < 1.29 is 4.74 Å². The van der Waals surface area contributed by atoms with E-state index in [-0.39, 0.29) is 0 Å². The third-order valence-electron chi connectivity index (χ3n) is 2.97. The largest absolute Gasteiger partial charge is 0.497 e. The summed E-state index contributed by atoms with van der Waals surface area (Å²) in [5.41, 5.74) is 1.32. The highest BCUT2D eigenvalue weighted by atomic mass is 32.1. The maximum atomic E-state index is 5.16. The van der Waals surface area contributed by atoms with Crippen LogP contribution in [0.4, 0.5) is 0 Å². The first-order valence-corrected chi connectivity index (χ1v) is 7.26. The number of rotatable bonds is 6. The average molecular weight is 276 g/mol. The van der Waals surface area contributed by atoms with Crippen LogP contribution in [0.25, 0.3) is 0 Å². The lowest BCUT2D eigenvalue weighted by atomic mass is 10.1. The number of hydrogen-bond acceptors (Lipinski definition) is 4. The number of nitrogens with zero attached hydrogens (tertiary/aromatic N) is 1. The maximum absolute atomic E-state index is 5.16. The van der Waals surface area contributed by atoms with E-state index in [0.717, 1.165) is 23.7 Å². The SMILES string of the molecule is COc1ccc(CC(C)NCc2ncc(C)s2)cc1. The molecule has 1 atom stereocenters. The molecule has 1 aromatic heterocycles. The van der Waals surface area contributed by atoms with Crippen molar-refractivity contribution in [2.45, 2.75) is 32.9 Å². The van der Waals surface area contributed by atoms with Gasteiger partial charge >= 0.3 is 0 Å². The minimum atomic E-state index is 0.428. The predicted molar refractivity (Wildman–Crippen MR) is 79.9 cm³/mol. The van der Waals surface area contributed by atoms with E-state index in [9.17, 15) is 0 Å². The van der Waals surface area contributed by atoms with E-state index in [1.807, 2.05) is 18.3 Å². The van der Waals surface area contributed by atoms with Gasteiger partial charge in [0.05, 0.1) is 7.11 Å². The topological polar surface area (TPSA) is 34.1 Å². The van der Waals surface area contributed by atoms with Crippen molar-refractivity contribution in [1.82, 2.24) is 10.3 Å². The van der Waals surface area contributed by atoms with Crippen LogP contribution in [0.1, 0.15) is 22.4 Å². The summed E-state index contributed by atoms with van der Waals surface area (Å²) in [6.07, 6.45) is 2.93. The number of hydrogen-bond donors (Lipinski definition) is 1. The number of aryl methyl sites for hydroxylation is 1. The second-order valence-corrected chi connectivity index (χ2v) is 6.02. The third-order valence-corrected chi connectivity index (χ3v) is 3.88. The highest BCUT2D eigenvalue weighted by molar-refractivity contribution is 7.11. The van der Waals surface area contributed by atoms with Crippen molar-refractivity contribution in [3.05, 3.63) is 45.9 Å². The first kappa shape index (κ1) is 14.0. The van der Waals surface area contributed by atoms with E-state index < -0.39 is 0 Å². The highest BCUT2D eigenvalue weighted by Crippen LogP contribution is 2.14. The van der Waals surface area contributed by atoms with Gasteiger partial charge in [-0.25, -0.2) is 4.98 Å². The summed E-state index contributed by atoms with van der Waals surface area (Å²) in [5.74, 6) is 0.905. The first-order chi connectivity index (χ1) is 9.17. The van der Waals surface area contributed by atoms with E-state index in [1.54, 1.807) is 18.4 Å². The molecule has 0 radical (unpaired) electrons. The molecule has 1 unspecified atom stereocenters. The predicted octanol–water partition coefficient (Wildman–Crippen LogP) is 3.18. The van der Waals surface area contributed by atoms with Crippen molar-refractivity contribution in [2.75, 3.05) is 7.11 Å². The molecule has 0 fully saturated rings. The summed E-state index contributed by atoms with van der Waals surface area (Å²) in [7, 11) is 1.69. The molecule has 0 amide bonds. The zero-order chi connectivity index (χ0) is 13.7. The molecule has 4 heteroatoms. The number of methoxy groups -OCH3 is 1. The molecule has 0 aliphatic rings. The molecule has 2 aromatic rings. The minimum Gasteiger partial charge on any atom is -0.497 e. The quantitative estimate of drug-likeness (QED) is 0.880. The van der Waals surface area contributed by atoms with Crippen LogP contribution in [-0.4, -0.2) is 18.1 Å². The fourth-order valence-corrected chi connectivity index (χ4v) is 2.67. The van der Waals surface area contributed by atoms with Gasteiger partial charge in [0.25, 0.3) is 0 Å². The molecular weight excluding hydrogens is 256 g/mol. The van der Waals surface area contributed by atoms with E-state index in [1.165, 1.54) is 10.4 Å². The van der Waals surface area contributed by atoms with Crippen molar-refractivity contribution >= 4 is 11.3 Å². The second kappa shape index (κ2) is 6.68. The van der Waals surface area contributed by atoms with Crippen molar-refractivity contribution in [3.63, 3.8) is 0 Å². The molecule has 0 aliphatic heterocycles. The average Bonchev–Trinajstić information content (AvgIpc) is 2.83. The third kappa shape index (κ3) is 4.33. The Morgan fingerprint density at radius 3 is 2.63 bits per heavy atom. The summed E-state index contributed by atoms with van der Waals surface area (Å²) in [5, 5.41) is 4.66. The molecular formula is C15H20N2OS. The normalized spacial score (nSPS) is 12.4. The van der Waals surface area contributed by atoms with Crippen LogP contribution >= 0.6 is 11.3 Å². The van der Waals surface area contributed by atoms with Crippen molar-refractivity contribution in [1.29, 1.82) is 0 Å². The number of nitrogens with one attached hydrogen (secondary N) is 1. The Morgan fingerprint density at radius 1 is 1.32 bits per heavy atom. The lowest BCUT2D eigenvalue weighted by Crippen LogP contribution is -2.27. The van der Waals surface area contributed by atoms with E-state index in [0.29, 0.717) is 6.04 Å². The molecule has 19 heavy (non-hydrogen) atoms. The summed E-state index contributed by atoms with van der Waals surface area (Å²) in [6, 6.07) is 8.67. The van der Waals surface area contributed by atoms with Crippen LogP contribution in [-0.2, 0) is 13.0 Å². The standard InChI is InChI=1S/C15H20N2OS/c1-11(16-10-15-17-9-12(2)19-15)8-13-4-6-14(18-3)7-5-13/h4-7,9,11,16H,8,10H2,1-3H3. The zero-order valence-corrected chi connectivity index (χ0v) is 12.5. The molecule has 0 spiro atoms. The second-order valence-electron chi connectivity index (χ2n) is 4.70. The van der Waals surface area contributed by atoms with E-state index >= 15 is 0 Å². The first-order valence-electron chi connectivity index (χ1n) is 6.45. The monoisotopic (exact) mass is 276 g/mol. The molecule has 0 saturated heterocycles. The Bertz CT molecular complexity index is 507. The van der Waals surface area contributed by atoms with Gasteiger partial charge < -0.3 is 10.1 Å². The Morgan fingerprint density at radius 2 is 2.05 bits per heavy atom. The molecule has 102 valence electrons. The maximum Gasteiger partial charge on any atom is 0.118 e. The van der Waals surface area contributed by atoms with Crippen LogP contribution in [0.3, 0.4) is 0 Å². The van der Waals surface area contributed by atoms with Crippen LogP contribution in [0, 0.1) is 6.92 Å². The molecule has 1 heterocycles. The fraction of sp³-hybridized carbons (Fsp3) is 0.400. The Balaban J connectivity index is 1.81. The summed E-state index contributed by atoms with van der Waals surface area (Å²) >= 11 is 1.75. The molecule has 2 rings (SSSR count). The van der Waals surface area contributed by atoms with Gasteiger partial charge in [-0.1, -0.05) is 12.1 Å². The van der Waals surface area contributed by atoms with Gasteiger partial charge in [0.2, 0.25) is 0 Å². The lowest BCUT2D eigenvalue weighted by molar-refractivity contribution is 0.414. The number of thiazole rings is 1. The number of aromatic nitrogens is 1. The molecule has 0 bridgehead atoms. The zero-order valence-electron chi connectivity index (χ0n) is 11.6. The molecule has 3 nitrogen and oxygen atoms in total. The number of ether oxygens (including phenoxy) is 1. The van der Waals surface area contributed by atoms with Gasteiger partial charge in [-0.05, 0) is 38.0 Å². The van der Waals surface area contributed by atoms with Gasteiger partial charge in [0.15, 0.2) is 0 Å². The number of benzene rings is 1. The van der Waals surface area contributed by atoms with E-state index in [2.05, 4.69) is 36.3 Å². The van der Waals surface area contributed by atoms with Gasteiger partial charge in [0, 0.05) is 23.7 Å². The summed E-state index contributed by atoms with van der Waals surface area (Å²) in [6.45, 7) is 5.13. The Labute approximate surface area is 118 Å². The smallest absolute Gasteiger partial charge is 0.118 e. The van der Waals surface area contributed by atoms with E-state index in [4.69, 9.17) is 4.74 Å². The summed E-state index contributed by atoms with van der Waals surface area (Å²) < 4.78 is 5.16. The van der Waals surface area contributed by atoms with Crippen LogP contribution in [0.5, 0.6) is 5.75 Å². The van der Waals surface area contributed by atoms with Gasteiger partial charge in [-0.2, -0.15) is 0 Å². The highest BCUT2D eigenvalue weighted by Gasteiger charge is 2.05. The Kier molecular flexibility index (Phi) is 4.93. The van der Waals surface area contributed by atoms with Crippen LogP contribution in [0.15, 0.2) is 30.5 Å². The van der Waals surface area contributed by atoms with Crippen molar-refractivity contribution in [3.8, 4) is 5.75 Å². The molecule has 1 aromatic carbocycles. The molecule has 1 N–H and O–H groups in total. The van der Waals surface area contributed by atoms with Crippen molar-refractivity contribution in [2.24, 2.45) is 0 Å². The fourth-order valence-electron chi connectivity index (χ4n) is 1.93. The van der Waals surface area contributed by atoms with Gasteiger partial charge in [-0.3, -0.25) is 0 Å². The Hall–Kier alpha value is -1.39. The molecule has 0 saturated carbocycles. The van der Waals surface area contributed by atoms with Gasteiger partial charge in [0.1, 0.15) is 10.8 Å².